The number of furan rings is 1. The molecule has 0 aliphatic carbocycles. The van der Waals surface area contributed by atoms with E-state index < -0.39 is 0 Å². The fraction of sp³-hybridized carbons (Fsp3) is 0.143. The van der Waals surface area contributed by atoms with Crippen LogP contribution in [0.5, 0.6) is 0 Å². The molecule has 0 fully saturated rings. The van der Waals surface area contributed by atoms with Crippen molar-refractivity contribution in [3.63, 3.8) is 0 Å². The minimum Gasteiger partial charge on any atom is -0.454 e. The van der Waals surface area contributed by atoms with Crippen molar-refractivity contribution in [3.05, 3.63) is 43.0 Å². The first-order valence-corrected chi connectivity index (χ1v) is 9.23. The summed E-state index contributed by atoms with van der Waals surface area (Å²) in [6.45, 7) is -0.340. The highest BCUT2D eigenvalue weighted by atomic mass is 79.9. The molecule has 21 heavy (non-hydrogen) atoms. The molecule has 0 saturated carbocycles. The van der Waals surface area contributed by atoms with Crippen molar-refractivity contribution in [2.24, 2.45) is 0 Å². The van der Waals surface area contributed by atoms with E-state index in [2.05, 4.69) is 31.9 Å². The molecule has 7 heteroatoms. The van der Waals surface area contributed by atoms with Gasteiger partial charge in [-0.05, 0) is 56.1 Å². The van der Waals surface area contributed by atoms with Crippen molar-refractivity contribution in [3.8, 4) is 21.3 Å². The second-order valence-electron chi connectivity index (χ2n) is 4.24. The first kappa shape index (κ1) is 15.5. The zero-order valence-corrected chi connectivity index (χ0v) is 15.4. The van der Waals surface area contributed by atoms with Crippen LogP contribution < -0.4 is 0 Å². The van der Waals surface area contributed by atoms with E-state index >= 15 is 0 Å². The lowest BCUT2D eigenvalue weighted by atomic mass is 10.1. The summed E-state index contributed by atoms with van der Waals surface area (Å²) in [6, 6.07) is 7.73. The zero-order valence-electron chi connectivity index (χ0n) is 10.6. The van der Waals surface area contributed by atoms with Crippen molar-refractivity contribution in [1.29, 1.82) is 0 Å². The van der Waals surface area contributed by atoms with E-state index in [9.17, 15) is 10.2 Å². The van der Waals surface area contributed by atoms with Crippen molar-refractivity contribution in [2.45, 2.75) is 13.2 Å². The van der Waals surface area contributed by atoms with Crippen LogP contribution in [0.3, 0.4) is 0 Å². The molecule has 3 heterocycles. The third-order valence-corrected chi connectivity index (χ3v) is 6.27. The van der Waals surface area contributed by atoms with Crippen LogP contribution in [0.25, 0.3) is 21.3 Å². The Balaban J connectivity index is 2.20. The van der Waals surface area contributed by atoms with Gasteiger partial charge in [0.05, 0.1) is 30.5 Å². The molecule has 3 rings (SSSR count). The molecular weight excluding hydrogens is 440 g/mol. The maximum Gasteiger partial charge on any atom is 0.150 e. The fourth-order valence-corrected chi connectivity index (χ4v) is 4.89. The topological polar surface area (TPSA) is 53.6 Å². The van der Waals surface area contributed by atoms with E-state index in [1.165, 1.54) is 22.7 Å². The van der Waals surface area contributed by atoms with Gasteiger partial charge >= 0.3 is 0 Å². The van der Waals surface area contributed by atoms with Crippen molar-refractivity contribution < 1.29 is 14.6 Å². The fourth-order valence-electron chi connectivity index (χ4n) is 2.10. The Kier molecular flexibility index (Phi) is 4.68. The number of halogens is 2. The van der Waals surface area contributed by atoms with Gasteiger partial charge in [-0.1, -0.05) is 0 Å². The van der Waals surface area contributed by atoms with Crippen LogP contribution in [0.4, 0.5) is 0 Å². The SMILES string of the molecule is OCc1c(-c2ccc(Br)s2)oc(-c2ccc(Br)s2)c1CO. The molecule has 110 valence electrons. The first-order valence-electron chi connectivity index (χ1n) is 6.01. The lowest BCUT2D eigenvalue weighted by Crippen LogP contribution is -1.91. The van der Waals surface area contributed by atoms with Gasteiger partial charge in [0.25, 0.3) is 0 Å². The van der Waals surface area contributed by atoms with Crippen molar-refractivity contribution in [1.82, 2.24) is 0 Å². The number of aliphatic hydroxyl groups excluding tert-OH is 2. The Morgan fingerprint density at radius 3 is 1.52 bits per heavy atom. The van der Waals surface area contributed by atoms with Crippen LogP contribution in [0.1, 0.15) is 11.1 Å². The van der Waals surface area contributed by atoms with Gasteiger partial charge in [-0.3, -0.25) is 0 Å². The maximum absolute atomic E-state index is 9.68. The van der Waals surface area contributed by atoms with Crippen LogP contribution in [0.15, 0.2) is 36.3 Å². The summed E-state index contributed by atoms with van der Waals surface area (Å²) in [5.41, 5.74) is 1.29. The predicted molar refractivity (Wildman–Crippen MR) is 92.6 cm³/mol. The molecule has 0 saturated heterocycles. The highest BCUT2D eigenvalue weighted by Gasteiger charge is 2.23. The molecule has 3 nitrogen and oxygen atoms in total. The van der Waals surface area contributed by atoms with Crippen LogP contribution in [0, 0.1) is 0 Å². The van der Waals surface area contributed by atoms with Crippen LogP contribution in [-0.2, 0) is 13.2 Å². The van der Waals surface area contributed by atoms with E-state index in [1.54, 1.807) is 0 Å². The van der Waals surface area contributed by atoms with Gasteiger partial charge in [0.2, 0.25) is 0 Å². The molecule has 0 spiro atoms. The molecule has 0 radical (unpaired) electrons. The average Bonchev–Trinajstić information content (AvgIpc) is 3.15. The Morgan fingerprint density at radius 1 is 0.810 bits per heavy atom. The molecule has 3 aromatic rings. The molecule has 0 amide bonds. The minimum absolute atomic E-state index is 0.170. The van der Waals surface area contributed by atoms with Gasteiger partial charge in [0.15, 0.2) is 11.5 Å². The molecule has 0 bridgehead atoms. The normalized spacial score (nSPS) is 11.2. The van der Waals surface area contributed by atoms with Crippen LogP contribution in [0.2, 0.25) is 0 Å². The molecule has 0 aliphatic heterocycles. The quantitative estimate of drug-likeness (QED) is 0.572. The lowest BCUT2D eigenvalue weighted by molar-refractivity contribution is 0.262. The van der Waals surface area contributed by atoms with Gasteiger partial charge in [-0.15, -0.1) is 22.7 Å². The third-order valence-electron chi connectivity index (χ3n) is 3.03. The highest BCUT2D eigenvalue weighted by molar-refractivity contribution is 9.11. The number of rotatable bonds is 4. The Labute approximate surface area is 146 Å². The van der Waals surface area contributed by atoms with E-state index in [4.69, 9.17) is 4.42 Å². The van der Waals surface area contributed by atoms with E-state index in [1.807, 2.05) is 24.3 Å². The van der Waals surface area contributed by atoms with Gasteiger partial charge < -0.3 is 14.6 Å². The first-order chi connectivity index (χ1) is 10.1. The second kappa shape index (κ2) is 6.36. The van der Waals surface area contributed by atoms with Gasteiger partial charge in [0.1, 0.15) is 0 Å². The van der Waals surface area contributed by atoms with E-state index in [0.29, 0.717) is 22.6 Å². The summed E-state index contributed by atoms with van der Waals surface area (Å²) in [7, 11) is 0. The number of hydrogen-bond donors (Lipinski definition) is 2. The molecule has 0 unspecified atom stereocenters. The number of thiophene rings is 2. The second-order valence-corrected chi connectivity index (χ2v) is 9.17. The summed E-state index contributed by atoms with van der Waals surface area (Å²) in [5.74, 6) is 1.24. The largest absolute Gasteiger partial charge is 0.454 e. The summed E-state index contributed by atoms with van der Waals surface area (Å²) < 4.78 is 7.96. The summed E-state index contributed by atoms with van der Waals surface area (Å²) in [5, 5.41) is 19.4. The van der Waals surface area contributed by atoms with Crippen LogP contribution >= 0.6 is 54.5 Å². The average molecular weight is 450 g/mol. The number of hydrogen-bond acceptors (Lipinski definition) is 5. The van der Waals surface area contributed by atoms with Gasteiger partial charge in [-0.2, -0.15) is 0 Å². The maximum atomic E-state index is 9.68. The summed E-state index contributed by atoms with van der Waals surface area (Å²) >= 11 is 9.91. The molecule has 0 atom stereocenters. The van der Waals surface area contributed by atoms with E-state index in [-0.39, 0.29) is 13.2 Å². The molecule has 3 aromatic heterocycles. The minimum atomic E-state index is -0.170. The zero-order chi connectivity index (χ0) is 15.0. The van der Waals surface area contributed by atoms with E-state index in [0.717, 1.165) is 17.3 Å². The van der Waals surface area contributed by atoms with Crippen LogP contribution in [-0.4, -0.2) is 10.2 Å². The Morgan fingerprint density at radius 2 is 1.24 bits per heavy atom. The van der Waals surface area contributed by atoms with Gasteiger partial charge in [-0.25, -0.2) is 0 Å². The smallest absolute Gasteiger partial charge is 0.150 e. The standard InChI is InChI=1S/C14H10Br2O3S2/c15-11-3-1-9(20-11)13-7(5-17)8(6-18)14(19-13)10-2-4-12(16)21-10/h1-4,17-18H,5-6H2. The third kappa shape index (κ3) is 2.91. The molecule has 0 aliphatic rings. The Bertz CT molecular complexity index is 710. The van der Waals surface area contributed by atoms with Crippen molar-refractivity contribution in [2.75, 3.05) is 0 Å². The van der Waals surface area contributed by atoms with Gasteiger partial charge in [0, 0.05) is 11.1 Å². The van der Waals surface area contributed by atoms with Crippen molar-refractivity contribution >= 4 is 54.5 Å². The summed E-state index contributed by atoms with van der Waals surface area (Å²) in [4.78, 5) is 1.84. The lowest BCUT2D eigenvalue weighted by Gasteiger charge is -1.98. The number of aliphatic hydroxyl groups is 2. The summed E-state index contributed by atoms with van der Waals surface area (Å²) in [6.07, 6.45) is 0. The predicted octanol–water partition coefficient (Wildman–Crippen LogP) is 5.25. The molecule has 2 N–H and O–H groups in total. The molecule has 0 aromatic carbocycles. The highest BCUT2D eigenvalue weighted by Crippen LogP contribution is 2.43. The Hall–Kier alpha value is -0.440. The molecular formula is C14H10Br2O3S2. The monoisotopic (exact) mass is 448 g/mol.